The van der Waals surface area contributed by atoms with Gasteiger partial charge in [0.1, 0.15) is 5.69 Å². The van der Waals surface area contributed by atoms with Crippen LogP contribution in [0.5, 0.6) is 0 Å². The van der Waals surface area contributed by atoms with Gasteiger partial charge in [0.2, 0.25) is 15.9 Å². The third kappa shape index (κ3) is 4.86. The van der Waals surface area contributed by atoms with Crippen molar-refractivity contribution in [2.75, 3.05) is 31.3 Å². The number of likely N-dealkylation sites (N-methyl/N-ethyl adjacent to an activating group) is 1. The first kappa shape index (κ1) is 21.8. The van der Waals surface area contributed by atoms with Gasteiger partial charge in [0, 0.05) is 30.3 Å². The molecule has 2 aromatic carbocycles. The Labute approximate surface area is 171 Å². The number of anilines is 2. The van der Waals surface area contributed by atoms with E-state index in [-0.39, 0.29) is 16.3 Å². The molecule has 0 heterocycles. The van der Waals surface area contributed by atoms with Crippen molar-refractivity contribution in [2.24, 2.45) is 0 Å². The van der Waals surface area contributed by atoms with Crippen molar-refractivity contribution < 1.29 is 18.1 Å². The molecule has 0 unspecified atom stereocenters. The average molecular weight is 471 g/mol. The van der Waals surface area contributed by atoms with Gasteiger partial charge >= 0.3 is 0 Å². The van der Waals surface area contributed by atoms with Gasteiger partial charge in [-0.25, -0.2) is 8.42 Å². The number of nitrogens with one attached hydrogen (secondary N) is 2. The fraction of sp³-hybridized carbons (Fsp3) is 0.235. The standard InChI is InChI=1S/C17H19BrN4O5S/c1-11-4-5-12(8-14(11)18)20-17(23)10-21(3)28(26,27)13-6-7-15(19-2)16(9-13)22(24)25/h4-9,19H,10H2,1-3H3,(H,20,23). The number of carbonyl (C=O) groups excluding carboxylic acids is 1. The number of sulfonamides is 1. The molecule has 150 valence electrons. The Bertz CT molecular complexity index is 1030. The maximum atomic E-state index is 12.7. The second-order valence-electron chi connectivity index (χ2n) is 5.96. The lowest BCUT2D eigenvalue weighted by atomic mass is 10.2. The molecule has 0 saturated carbocycles. The second kappa shape index (κ2) is 8.67. The third-order valence-electron chi connectivity index (χ3n) is 3.97. The quantitative estimate of drug-likeness (QED) is 0.473. The van der Waals surface area contributed by atoms with E-state index in [1.54, 1.807) is 12.1 Å². The van der Waals surface area contributed by atoms with Crippen molar-refractivity contribution >= 4 is 48.9 Å². The first-order valence-electron chi connectivity index (χ1n) is 8.04. The van der Waals surface area contributed by atoms with Crippen LogP contribution in [-0.4, -0.2) is 44.2 Å². The van der Waals surface area contributed by atoms with Gasteiger partial charge in [0.05, 0.1) is 16.4 Å². The van der Waals surface area contributed by atoms with E-state index in [0.29, 0.717) is 5.69 Å². The number of aryl methyl sites for hydroxylation is 1. The van der Waals surface area contributed by atoms with Gasteiger partial charge in [-0.05, 0) is 36.8 Å². The zero-order valence-electron chi connectivity index (χ0n) is 15.4. The summed E-state index contributed by atoms with van der Waals surface area (Å²) < 4.78 is 27.0. The maximum absolute atomic E-state index is 12.7. The highest BCUT2D eigenvalue weighted by molar-refractivity contribution is 9.10. The first-order valence-corrected chi connectivity index (χ1v) is 10.3. The summed E-state index contributed by atoms with van der Waals surface area (Å²) in [5, 5.41) is 16.4. The number of hydrogen-bond acceptors (Lipinski definition) is 6. The zero-order valence-corrected chi connectivity index (χ0v) is 17.8. The summed E-state index contributed by atoms with van der Waals surface area (Å²) in [4.78, 5) is 22.4. The Kier molecular flexibility index (Phi) is 6.75. The van der Waals surface area contributed by atoms with Gasteiger partial charge in [-0.1, -0.05) is 22.0 Å². The minimum Gasteiger partial charge on any atom is -0.383 e. The summed E-state index contributed by atoms with van der Waals surface area (Å²) >= 11 is 3.36. The minimum atomic E-state index is -4.09. The SMILES string of the molecule is CNc1ccc(S(=O)(=O)N(C)CC(=O)Nc2ccc(C)c(Br)c2)cc1[N+](=O)[O-]. The molecule has 2 rings (SSSR count). The van der Waals surface area contributed by atoms with Crippen LogP contribution < -0.4 is 10.6 Å². The summed E-state index contributed by atoms with van der Waals surface area (Å²) in [5.41, 5.74) is 1.33. The maximum Gasteiger partial charge on any atom is 0.293 e. The molecule has 0 aliphatic heterocycles. The molecule has 0 radical (unpaired) electrons. The van der Waals surface area contributed by atoms with Crippen LogP contribution in [0.3, 0.4) is 0 Å². The Morgan fingerprint density at radius 1 is 1.25 bits per heavy atom. The summed E-state index contributed by atoms with van der Waals surface area (Å²) in [6.45, 7) is 1.45. The van der Waals surface area contributed by atoms with Gasteiger partial charge in [0.25, 0.3) is 5.69 Å². The van der Waals surface area contributed by atoms with Crippen LogP contribution in [0.2, 0.25) is 0 Å². The molecule has 11 heteroatoms. The van der Waals surface area contributed by atoms with Gasteiger partial charge in [0.15, 0.2) is 0 Å². The molecular weight excluding hydrogens is 452 g/mol. The van der Waals surface area contributed by atoms with Crippen molar-refractivity contribution in [1.82, 2.24) is 4.31 Å². The fourth-order valence-electron chi connectivity index (χ4n) is 2.37. The molecule has 1 amide bonds. The van der Waals surface area contributed by atoms with Crippen LogP contribution in [0, 0.1) is 17.0 Å². The van der Waals surface area contributed by atoms with E-state index < -0.39 is 27.4 Å². The summed E-state index contributed by atoms with van der Waals surface area (Å²) in [6, 6.07) is 8.74. The monoisotopic (exact) mass is 470 g/mol. The Morgan fingerprint density at radius 2 is 1.93 bits per heavy atom. The lowest BCUT2D eigenvalue weighted by Gasteiger charge is -2.17. The highest BCUT2D eigenvalue weighted by atomic mass is 79.9. The summed E-state index contributed by atoms with van der Waals surface area (Å²) in [6.07, 6.45) is 0. The number of nitro groups is 1. The summed E-state index contributed by atoms with van der Waals surface area (Å²) in [7, 11) is -1.36. The molecule has 2 N–H and O–H groups in total. The molecule has 2 aromatic rings. The van der Waals surface area contributed by atoms with E-state index in [1.807, 2.05) is 13.0 Å². The average Bonchev–Trinajstić information content (AvgIpc) is 2.63. The largest absolute Gasteiger partial charge is 0.383 e. The number of benzene rings is 2. The third-order valence-corrected chi connectivity index (χ3v) is 6.62. The van der Waals surface area contributed by atoms with Crippen LogP contribution in [0.25, 0.3) is 0 Å². The highest BCUT2D eigenvalue weighted by Crippen LogP contribution is 2.28. The normalized spacial score (nSPS) is 11.3. The van der Waals surface area contributed by atoms with Crippen LogP contribution in [0.15, 0.2) is 45.8 Å². The molecule has 0 saturated heterocycles. The second-order valence-corrected chi connectivity index (χ2v) is 8.86. The van der Waals surface area contributed by atoms with Gasteiger partial charge in [-0.15, -0.1) is 0 Å². The molecule has 0 aliphatic rings. The topological polar surface area (TPSA) is 122 Å². The van der Waals surface area contributed by atoms with Crippen LogP contribution in [0.1, 0.15) is 5.56 Å². The van der Waals surface area contributed by atoms with E-state index in [1.165, 1.54) is 26.2 Å². The van der Waals surface area contributed by atoms with Crippen molar-refractivity contribution in [3.63, 3.8) is 0 Å². The molecule has 0 aromatic heterocycles. The van der Waals surface area contributed by atoms with Crippen molar-refractivity contribution in [2.45, 2.75) is 11.8 Å². The van der Waals surface area contributed by atoms with E-state index in [4.69, 9.17) is 0 Å². The molecule has 0 spiro atoms. The van der Waals surface area contributed by atoms with Crippen molar-refractivity contribution in [3.05, 3.63) is 56.5 Å². The molecular formula is C17H19BrN4O5S. The predicted octanol–water partition coefficient (Wildman–Crippen LogP) is 2.97. The van der Waals surface area contributed by atoms with E-state index >= 15 is 0 Å². The lowest BCUT2D eigenvalue weighted by Crippen LogP contribution is -2.35. The van der Waals surface area contributed by atoms with Crippen LogP contribution in [0.4, 0.5) is 17.1 Å². The van der Waals surface area contributed by atoms with Crippen LogP contribution in [-0.2, 0) is 14.8 Å². The summed E-state index contributed by atoms with van der Waals surface area (Å²) in [5.74, 6) is -0.539. The van der Waals surface area contributed by atoms with Crippen molar-refractivity contribution in [3.8, 4) is 0 Å². The number of carbonyl (C=O) groups is 1. The van der Waals surface area contributed by atoms with E-state index in [2.05, 4.69) is 26.6 Å². The number of nitrogens with zero attached hydrogens (tertiary/aromatic N) is 2. The molecule has 0 bridgehead atoms. The predicted molar refractivity (Wildman–Crippen MR) is 110 cm³/mol. The van der Waals surface area contributed by atoms with Gasteiger partial charge < -0.3 is 10.6 Å². The number of nitro benzene ring substituents is 1. The Balaban J connectivity index is 2.19. The molecule has 9 nitrogen and oxygen atoms in total. The van der Waals surface area contributed by atoms with Crippen LogP contribution >= 0.6 is 15.9 Å². The minimum absolute atomic E-state index is 0.189. The number of hydrogen-bond donors (Lipinski definition) is 2. The van der Waals surface area contributed by atoms with Gasteiger partial charge in [-0.2, -0.15) is 4.31 Å². The number of amides is 1. The molecule has 28 heavy (non-hydrogen) atoms. The van der Waals surface area contributed by atoms with E-state index in [9.17, 15) is 23.3 Å². The number of rotatable bonds is 7. The lowest BCUT2D eigenvalue weighted by molar-refractivity contribution is -0.384. The first-order chi connectivity index (χ1) is 13.1. The van der Waals surface area contributed by atoms with E-state index in [0.717, 1.165) is 20.4 Å². The molecule has 0 aliphatic carbocycles. The highest BCUT2D eigenvalue weighted by Gasteiger charge is 2.26. The zero-order chi connectivity index (χ0) is 21.1. The molecule has 0 fully saturated rings. The Morgan fingerprint density at radius 3 is 2.50 bits per heavy atom. The Hall–Kier alpha value is -2.50. The fourth-order valence-corrected chi connectivity index (χ4v) is 3.90. The van der Waals surface area contributed by atoms with Crippen molar-refractivity contribution in [1.29, 1.82) is 0 Å². The van der Waals surface area contributed by atoms with Gasteiger partial charge in [-0.3, -0.25) is 14.9 Å². The number of halogens is 1. The molecule has 0 atom stereocenters. The smallest absolute Gasteiger partial charge is 0.293 e.